The van der Waals surface area contributed by atoms with Crippen LogP contribution >= 0.6 is 0 Å². The van der Waals surface area contributed by atoms with Crippen molar-refractivity contribution in [1.29, 1.82) is 0 Å². The van der Waals surface area contributed by atoms with Gasteiger partial charge in [0.05, 0.1) is 23.8 Å². The van der Waals surface area contributed by atoms with Crippen LogP contribution in [-0.2, 0) is 6.54 Å². The van der Waals surface area contributed by atoms with E-state index >= 15 is 0 Å². The van der Waals surface area contributed by atoms with E-state index in [0.29, 0.717) is 17.7 Å². The van der Waals surface area contributed by atoms with E-state index in [4.69, 9.17) is 4.98 Å². The first kappa shape index (κ1) is 16.4. The molecular formula is C20H22N6O. The fraction of sp³-hybridized carbons (Fsp3) is 0.400. The molecule has 7 heteroatoms. The Morgan fingerprint density at radius 2 is 2.07 bits per heavy atom. The van der Waals surface area contributed by atoms with Gasteiger partial charge in [0.2, 0.25) is 0 Å². The van der Waals surface area contributed by atoms with Crippen LogP contribution in [0.25, 0.3) is 11.0 Å². The third kappa shape index (κ3) is 3.19. The summed E-state index contributed by atoms with van der Waals surface area (Å²) in [5, 5.41) is 0. The van der Waals surface area contributed by atoms with Gasteiger partial charge in [-0.1, -0.05) is 12.1 Å². The minimum absolute atomic E-state index is 0.00872. The maximum Gasteiger partial charge on any atom is 0.274 e. The summed E-state index contributed by atoms with van der Waals surface area (Å²) in [6, 6.07) is 8.48. The highest BCUT2D eigenvalue weighted by atomic mass is 16.2. The Kier molecular flexibility index (Phi) is 4.09. The van der Waals surface area contributed by atoms with Crippen molar-refractivity contribution < 1.29 is 4.79 Å². The average Bonchev–Trinajstić information content (AvgIpc) is 2.89. The van der Waals surface area contributed by atoms with E-state index in [1.807, 2.05) is 23.1 Å². The normalized spacial score (nSPS) is 22.9. The molecule has 1 amide bonds. The maximum absolute atomic E-state index is 12.8. The number of nitrogens with one attached hydrogen (secondary N) is 1. The molecule has 6 rings (SSSR count). The minimum atomic E-state index is -0.00872. The number of aromatic amines is 1. The van der Waals surface area contributed by atoms with Gasteiger partial charge < -0.3 is 9.88 Å². The molecule has 0 aliphatic carbocycles. The highest BCUT2D eigenvalue weighted by Gasteiger charge is 2.37. The van der Waals surface area contributed by atoms with E-state index in [1.165, 1.54) is 6.42 Å². The van der Waals surface area contributed by atoms with Crippen LogP contribution < -0.4 is 0 Å². The molecule has 5 heterocycles. The number of aromatic nitrogens is 4. The second-order valence-corrected chi connectivity index (χ2v) is 7.53. The Morgan fingerprint density at radius 1 is 1.15 bits per heavy atom. The maximum atomic E-state index is 12.8. The molecule has 0 saturated carbocycles. The van der Waals surface area contributed by atoms with Gasteiger partial charge >= 0.3 is 0 Å². The molecule has 0 radical (unpaired) electrons. The lowest BCUT2D eigenvalue weighted by Gasteiger charge is -2.35. The van der Waals surface area contributed by atoms with E-state index in [9.17, 15) is 4.79 Å². The number of fused-ring (bicyclic) bond motifs is 5. The van der Waals surface area contributed by atoms with Gasteiger partial charge in [0.15, 0.2) is 0 Å². The molecule has 2 aromatic heterocycles. The van der Waals surface area contributed by atoms with Crippen LogP contribution in [0, 0.1) is 5.92 Å². The Hall–Kier alpha value is -2.80. The van der Waals surface area contributed by atoms with Crippen molar-refractivity contribution in [2.24, 2.45) is 5.92 Å². The third-order valence-electron chi connectivity index (χ3n) is 5.69. The molecule has 1 aromatic carbocycles. The summed E-state index contributed by atoms with van der Waals surface area (Å²) in [7, 11) is 0. The van der Waals surface area contributed by atoms with E-state index in [0.717, 1.165) is 49.5 Å². The van der Waals surface area contributed by atoms with Gasteiger partial charge in [0, 0.05) is 38.1 Å². The molecule has 3 saturated heterocycles. The van der Waals surface area contributed by atoms with Crippen LogP contribution in [0.4, 0.5) is 0 Å². The Labute approximate surface area is 157 Å². The first-order valence-electron chi connectivity index (χ1n) is 9.49. The van der Waals surface area contributed by atoms with Gasteiger partial charge in [-0.3, -0.25) is 14.7 Å². The summed E-state index contributed by atoms with van der Waals surface area (Å²) >= 11 is 0. The molecule has 2 atom stereocenters. The summed E-state index contributed by atoms with van der Waals surface area (Å²) in [6.07, 6.45) is 7.02. The number of hydrogen-bond acceptors (Lipinski definition) is 5. The number of benzene rings is 1. The number of imidazole rings is 1. The van der Waals surface area contributed by atoms with Crippen molar-refractivity contribution in [2.45, 2.75) is 25.4 Å². The van der Waals surface area contributed by atoms with E-state index in [-0.39, 0.29) is 5.91 Å². The molecule has 3 aliphatic rings. The summed E-state index contributed by atoms with van der Waals surface area (Å²) in [4.78, 5) is 33.7. The topological polar surface area (TPSA) is 78.0 Å². The van der Waals surface area contributed by atoms with E-state index in [1.54, 1.807) is 18.6 Å². The summed E-state index contributed by atoms with van der Waals surface area (Å²) in [6.45, 7) is 3.34. The predicted molar refractivity (Wildman–Crippen MR) is 101 cm³/mol. The van der Waals surface area contributed by atoms with Crippen LogP contribution in [0.5, 0.6) is 0 Å². The van der Waals surface area contributed by atoms with Crippen molar-refractivity contribution in [1.82, 2.24) is 29.7 Å². The van der Waals surface area contributed by atoms with Crippen molar-refractivity contribution in [3.8, 4) is 0 Å². The van der Waals surface area contributed by atoms with Gasteiger partial charge in [-0.15, -0.1) is 0 Å². The lowest BCUT2D eigenvalue weighted by molar-refractivity contribution is 0.0729. The quantitative estimate of drug-likeness (QED) is 0.772. The lowest BCUT2D eigenvalue weighted by Crippen LogP contribution is -2.44. The fourth-order valence-corrected chi connectivity index (χ4v) is 4.38. The van der Waals surface area contributed by atoms with E-state index in [2.05, 4.69) is 25.9 Å². The summed E-state index contributed by atoms with van der Waals surface area (Å²) in [5.74, 6) is 1.48. The zero-order valence-electron chi connectivity index (χ0n) is 15.1. The lowest BCUT2D eigenvalue weighted by atomic mass is 9.95. The molecule has 3 aliphatic heterocycles. The van der Waals surface area contributed by atoms with Crippen LogP contribution in [0.15, 0.2) is 42.9 Å². The molecule has 138 valence electrons. The smallest absolute Gasteiger partial charge is 0.274 e. The highest BCUT2D eigenvalue weighted by Crippen LogP contribution is 2.29. The predicted octanol–water partition coefficient (Wildman–Crippen LogP) is 2.09. The van der Waals surface area contributed by atoms with Gasteiger partial charge in [-0.25, -0.2) is 9.97 Å². The van der Waals surface area contributed by atoms with Crippen molar-refractivity contribution >= 4 is 16.9 Å². The largest absolute Gasteiger partial charge is 0.341 e. The minimum Gasteiger partial charge on any atom is -0.341 e. The zero-order chi connectivity index (χ0) is 18.2. The van der Waals surface area contributed by atoms with Crippen LogP contribution in [0.1, 0.15) is 29.2 Å². The Bertz CT molecular complexity index is 922. The fourth-order valence-electron chi connectivity index (χ4n) is 4.38. The molecule has 3 aromatic rings. The van der Waals surface area contributed by atoms with E-state index < -0.39 is 0 Å². The molecule has 1 N–H and O–H groups in total. The molecular weight excluding hydrogens is 340 g/mol. The first-order valence-corrected chi connectivity index (χ1v) is 9.49. The SMILES string of the molecule is O=C(c1cnccn1)N1C[C@H]2CC[C@@H](C1)N(Cc1nc3ccccc3[nH]1)C2. The monoisotopic (exact) mass is 362 g/mol. The Balaban J connectivity index is 1.34. The zero-order valence-corrected chi connectivity index (χ0v) is 15.1. The van der Waals surface area contributed by atoms with Gasteiger partial charge in [0.25, 0.3) is 5.91 Å². The van der Waals surface area contributed by atoms with Crippen LogP contribution in [0.2, 0.25) is 0 Å². The number of piperidine rings is 1. The number of nitrogens with zero attached hydrogens (tertiary/aromatic N) is 5. The number of carbonyl (C=O) groups excluding carboxylic acids is 1. The number of rotatable bonds is 3. The van der Waals surface area contributed by atoms with Gasteiger partial charge in [-0.05, 0) is 30.9 Å². The number of carbonyl (C=O) groups is 1. The van der Waals surface area contributed by atoms with Crippen LogP contribution in [0.3, 0.4) is 0 Å². The third-order valence-corrected chi connectivity index (χ3v) is 5.69. The first-order chi connectivity index (χ1) is 13.3. The summed E-state index contributed by atoms with van der Waals surface area (Å²) in [5.41, 5.74) is 2.52. The van der Waals surface area contributed by atoms with Crippen LogP contribution in [-0.4, -0.2) is 61.3 Å². The number of hydrogen-bond donors (Lipinski definition) is 1. The molecule has 0 spiro atoms. The molecule has 0 unspecified atom stereocenters. The van der Waals surface area contributed by atoms with Gasteiger partial charge in [-0.2, -0.15) is 0 Å². The molecule has 27 heavy (non-hydrogen) atoms. The van der Waals surface area contributed by atoms with Crippen molar-refractivity contribution in [3.63, 3.8) is 0 Å². The van der Waals surface area contributed by atoms with Crippen molar-refractivity contribution in [2.75, 3.05) is 19.6 Å². The van der Waals surface area contributed by atoms with Crippen molar-refractivity contribution in [3.05, 3.63) is 54.4 Å². The standard InChI is InChI=1S/C20H22N6O/c27-20(18-9-21-7-8-22-18)26-11-14-5-6-15(12-26)25(10-14)13-19-23-16-3-1-2-4-17(16)24-19/h1-4,7-9,14-15H,5-6,10-13H2,(H,23,24)/t14-,15-/m0/s1. The van der Waals surface area contributed by atoms with Gasteiger partial charge in [0.1, 0.15) is 11.5 Å². The average molecular weight is 362 g/mol. The number of amides is 1. The highest BCUT2D eigenvalue weighted by molar-refractivity contribution is 5.92. The Morgan fingerprint density at radius 3 is 2.93 bits per heavy atom. The summed E-state index contributed by atoms with van der Waals surface area (Å²) < 4.78 is 0. The second-order valence-electron chi connectivity index (χ2n) is 7.53. The molecule has 7 nitrogen and oxygen atoms in total. The number of para-hydroxylation sites is 2. The molecule has 2 bridgehead atoms. The second kappa shape index (κ2) is 6.74. The number of H-pyrrole nitrogens is 1. The molecule has 3 fully saturated rings.